The van der Waals surface area contributed by atoms with Crippen LogP contribution in [0.4, 0.5) is 0 Å². The molecular weight excluding hydrogens is 703 g/mol. The van der Waals surface area contributed by atoms with Crippen molar-refractivity contribution in [1.82, 2.24) is 0 Å². The summed E-state index contributed by atoms with van der Waals surface area (Å²) in [6, 6.07) is 16.3. The molecule has 0 saturated heterocycles. The third kappa shape index (κ3) is 5.11. The molecule has 4 bridgehead atoms. The van der Waals surface area contributed by atoms with Crippen LogP contribution in [0.2, 0.25) is 0 Å². The first-order chi connectivity index (χ1) is 21.3. The maximum Gasteiger partial charge on any atom is 4.00 e. The summed E-state index contributed by atoms with van der Waals surface area (Å²) >= 11 is 0. The number of fused-ring (bicyclic) bond motifs is 6. The minimum atomic E-state index is 0. The minimum absolute atomic E-state index is 0. The average Bonchev–Trinajstić information content (AvgIpc) is 3.59. The average molecular weight is 761 g/mol. The van der Waals surface area contributed by atoms with Crippen molar-refractivity contribution in [3.05, 3.63) is 99.5 Å². The van der Waals surface area contributed by atoms with Gasteiger partial charge in [0.2, 0.25) is 0 Å². The van der Waals surface area contributed by atoms with Crippen LogP contribution in [0.25, 0.3) is 5.57 Å². The van der Waals surface area contributed by atoms with E-state index in [1.165, 1.54) is 29.5 Å². The Balaban J connectivity index is 0.000000202. The summed E-state index contributed by atoms with van der Waals surface area (Å²) in [5.41, 5.74) is 13.4. The summed E-state index contributed by atoms with van der Waals surface area (Å²) in [6.45, 7) is 22.5. The molecular formula is C45H58Cl2Zr. The van der Waals surface area contributed by atoms with Crippen molar-refractivity contribution >= 4 is 5.57 Å². The van der Waals surface area contributed by atoms with Gasteiger partial charge in [-0.2, -0.15) is 34.4 Å². The van der Waals surface area contributed by atoms with Crippen molar-refractivity contribution in [1.29, 1.82) is 0 Å². The normalized spacial score (nSPS) is 35.1. The van der Waals surface area contributed by atoms with Crippen LogP contribution < -0.4 is 24.8 Å². The molecule has 0 aromatic heterocycles. The summed E-state index contributed by atoms with van der Waals surface area (Å²) in [7, 11) is 0. The molecule has 256 valence electrons. The largest absolute Gasteiger partial charge is 4.00 e. The number of aryl methyl sites for hydroxylation is 1. The Kier molecular flexibility index (Phi) is 10.4. The van der Waals surface area contributed by atoms with Gasteiger partial charge in [-0.25, -0.2) is 12.0 Å². The third-order valence-corrected chi connectivity index (χ3v) is 16.3. The van der Waals surface area contributed by atoms with Crippen molar-refractivity contribution in [3.8, 4) is 0 Å². The molecule has 2 aromatic rings. The van der Waals surface area contributed by atoms with E-state index in [0.29, 0.717) is 5.92 Å². The van der Waals surface area contributed by atoms with Crippen LogP contribution in [0.3, 0.4) is 0 Å². The molecule has 3 heteroatoms. The molecule has 10 rings (SSSR count). The van der Waals surface area contributed by atoms with Gasteiger partial charge in [0.05, 0.1) is 0 Å². The van der Waals surface area contributed by atoms with Crippen molar-refractivity contribution < 1.29 is 51.0 Å². The standard InChI is InChI=1S/C29H37.C16H21.2ClH.Zr/c1-18-25-22-17-19-13-9-10-14-20(19)24(22)21-15-11-12-16-23(21)29(25,8)28(6,7)27(4,5)26(18,2)3;1-10-2-3-13(4-10)16-14-6-11-5-12(8-14)9-15(16)7-11;;;/h9-11,13-15,23H,12,16-17H2,1-8H3;2-4,11-12,14-16H,5-9H2,1H3;2*1H;/q2*-1;;;+4/p-2. The Labute approximate surface area is 324 Å². The summed E-state index contributed by atoms with van der Waals surface area (Å²) in [5, 5.41) is 0. The molecule has 0 amide bonds. The molecule has 0 spiro atoms. The zero-order chi connectivity index (χ0) is 31.7. The Bertz CT molecular complexity index is 1600. The molecule has 0 radical (unpaired) electrons. The van der Waals surface area contributed by atoms with Crippen LogP contribution in [-0.4, -0.2) is 0 Å². The van der Waals surface area contributed by atoms with Gasteiger partial charge >= 0.3 is 26.2 Å². The van der Waals surface area contributed by atoms with E-state index >= 15 is 0 Å². The summed E-state index contributed by atoms with van der Waals surface area (Å²) in [4.78, 5) is 0. The van der Waals surface area contributed by atoms with Crippen LogP contribution in [0.5, 0.6) is 0 Å². The van der Waals surface area contributed by atoms with Gasteiger partial charge in [0, 0.05) is 0 Å². The molecule has 5 fully saturated rings. The third-order valence-electron chi connectivity index (χ3n) is 16.3. The van der Waals surface area contributed by atoms with Gasteiger partial charge in [0.25, 0.3) is 0 Å². The predicted molar refractivity (Wildman–Crippen MR) is 191 cm³/mol. The number of halogens is 2. The molecule has 2 unspecified atom stereocenters. The van der Waals surface area contributed by atoms with E-state index < -0.39 is 0 Å². The van der Waals surface area contributed by atoms with Crippen LogP contribution in [0.1, 0.15) is 129 Å². The summed E-state index contributed by atoms with van der Waals surface area (Å²) in [6.07, 6.45) is 16.2. The molecule has 2 atom stereocenters. The summed E-state index contributed by atoms with van der Waals surface area (Å²) < 4.78 is 0. The second kappa shape index (κ2) is 13.0. The molecule has 0 N–H and O–H groups in total. The number of allylic oxidation sites excluding steroid dienone is 6. The van der Waals surface area contributed by atoms with E-state index in [2.05, 4.69) is 117 Å². The Morgan fingerprint density at radius 2 is 1.46 bits per heavy atom. The first kappa shape index (κ1) is 38.4. The van der Waals surface area contributed by atoms with Crippen molar-refractivity contribution in [3.63, 3.8) is 0 Å². The monoisotopic (exact) mass is 758 g/mol. The van der Waals surface area contributed by atoms with E-state index in [1.54, 1.807) is 65.9 Å². The van der Waals surface area contributed by atoms with Crippen LogP contribution >= 0.6 is 0 Å². The van der Waals surface area contributed by atoms with Gasteiger partial charge in [0.1, 0.15) is 0 Å². The first-order valence-electron chi connectivity index (χ1n) is 18.6. The van der Waals surface area contributed by atoms with Crippen molar-refractivity contribution in [2.75, 3.05) is 0 Å². The fourth-order valence-electron chi connectivity index (χ4n) is 12.8. The topological polar surface area (TPSA) is 0 Å². The molecule has 0 aliphatic heterocycles. The fraction of sp³-hybridized carbons (Fsp3) is 0.600. The molecule has 2 aromatic carbocycles. The number of benzene rings is 1. The zero-order valence-corrected chi connectivity index (χ0v) is 35.0. The smallest absolute Gasteiger partial charge is 1.00 e. The number of rotatable bonds is 1. The van der Waals surface area contributed by atoms with E-state index in [-0.39, 0.29) is 72.7 Å². The number of hydrogen-bond acceptors (Lipinski definition) is 0. The first-order valence-corrected chi connectivity index (χ1v) is 18.6. The van der Waals surface area contributed by atoms with Gasteiger partial charge in [0.15, 0.2) is 0 Å². The molecule has 48 heavy (non-hydrogen) atoms. The molecule has 0 heterocycles. The van der Waals surface area contributed by atoms with Gasteiger partial charge in [-0.15, -0.1) is 6.92 Å². The van der Waals surface area contributed by atoms with E-state index in [4.69, 9.17) is 0 Å². The van der Waals surface area contributed by atoms with Crippen LogP contribution in [0.15, 0.2) is 71.3 Å². The van der Waals surface area contributed by atoms with E-state index in [0.717, 1.165) is 36.0 Å². The molecule has 5 saturated carbocycles. The van der Waals surface area contributed by atoms with Gasteiger partial charge in [-0.1, -0.05) is 126 Å². The maximum absolute atomic E-state index is 2.62. The number of hydrogen-bond donors (Lipinski definition) is 0. The quantitative estimate of drug-likeness (QED) is 0.303. The van der Waals surface area contributed by atoms with E-state index in [1.807, 2.05) is 0 Å². The van der Waals surface area contributed by atoms with Gasteiger partial charge in [-0.3, -0.25) is 0 Å². The van der Waals surface area contributed by atoms with E-state index in [9.17, 15) is 0 Å². The van der Waals surface area contributed by atoms with Crippen LogP contribution in [0, 0.1) is 64.1 Å². The van der Waals surface area contributed by atoms with Crippen molar-refractivity contribution in [2.24, 2.45) is 51.2 Å². The SMILES string of the molecule is C[C-]1C2=C3Cc4ccccc4C3=C3C=CCCC3C2(C)C(C)(C)C(C)(C)C1(C)C.Cc1cc(C2C3CC4CC(C3)CC2C4)c[cH-]1.[Cl-].[Cl-].[Zr+4]. The van der Waals surface area contributed by atoms with Crippen LogP contribution in [-0.2, 0) is 32.6 Å². The predicted octanol–water partition coefficient (Wildman–Crippen LogP) is 6.22. The molecule has 8 aliphatic carbocycles. The second-order valence-electron chi connectivity index (χ2n) is 18.4. The fourth-order valence-corrected chi connectivity index (χ4v) is 12.8. The maximum atomic E-state index is 2.62. The second-order valence-corrected chi connectivity index (χ2v) is 18.4. The molecule has 0 nitrogen and oxygen atoms in total. The Morgan fingerprint density at radius 3 is 2.06 bits per heavy atom. The summed E-state index contributed by atoms with van der Waals surface area (Å²) in [5.74, 6) is 7.47. The zero-order valence-electron chi connectivity index (χ0n) is 31.1. The van der Waals surface area contributed by atoms with Gasteiger partial charge in [-0.05, 0) is 96.3 Å². The van der Waals surface area contributed by atoms with Crippen molar-refractivity contribution in [2.45, 2.75) is 120 Å². The minimum Gasteiger partial charge on any atom is -1.00 e. The van der Waals surface area contributed by atoms with Gasteiger partial charge < -0.3 is 24.8 Å². The molecule has 8 aliphatic rings. The Hall–Kier alpha value is -0.877. The Morgan fingerprint density at radius 1 is 0.833 bits per heavy atom.